The van der Waals surface area contributed by atoms with Crippen LogP contribution < -0.4 is 5.73 Å². The standard InChI is InChI=1S/C9H17NO2/c1-2-11-8-6-7(10)9(8)4-3-5-12-9/h7-8H,2-6,10H2,1H3/t7-,8-,9-/m1/s1. The third kappa shape index (κ3) is 1.00. The lowest BCUT2D eigenvalue weighted by Gasteiger charge is -2.50. The fraction of sp³-hybridized carbons (Fsp3) is 1.00. The van der Waals surface area contributed by atoms with Crippen LogP contribution in [0.2, 0.25) is 0 Å². The lowest BCUT2D eigenvalue weighted by atomic mass is 9.70. The van der Waals surface area contributed by atoms with Gasteiger partial charge in [-0.05, 0) is 26.2 Å². The van der Waals surface area contributed by atoms with Gasteiger partial charge in [0.2, 0.25) is 0 Å². The molecule has 3 atom stereocenters. The predicted octanol–water partition coefficient (Wildman–Crippen LogP) is 0.672. The van der Waals surface area contributed by atoms with E-state index in [1.807, 2.05) is 6.92 Å². The van der Waals surface area contributed by atoms with E-state index in [-0.39, 0.29) is 17.7 Å². The maximum atomic E-state index is 5.93. The third-order valence-corrected chi connectivity index (χ3v) is 3.09. The van der Waals surface area contributed by atoms with E-state index in [0.29, 0.717) is 0 Å². The second kappa shape index (κ2) is 2.98. The van der Waals surface area contributed by atoms with Crippen LogP contribution in [-0.4, -0.2) is 31.0 Å². The van der Waals surface area contributed by atoms with Crippen LogP contribution in [0.3, 0.4) is 0 Å². The van der Waals surface area contributed by atoms with Gasteiger partial charge in [0.05, 0.1) is 6.10 Å². The van der Waals surface area contributed by atoms with Crippen molar-refractivity contribution in [3.05, 3.63) is 0 Å². The Balaban J connectivity index is 2.00. The average molecular weight is 171 g/mol. The first-order valence-electron chi connectivity index (χ1n) is 4.81. The highest BCUT2D eigenvalue weighted by atomic mass is 16.6. The summed E-state index contributed by atoms with van der Waals surface area (Å²) in [6, 6.07) is 0.205. The minimum Gasteiger partial charge on any atom is -0.375 e. The molecule has 2 N–H and O–H groups in total. The molecule has 2 aliphatic rings. The molecule has 1 aliphatic carbocycles. The van der Waals surface area contributed by atoms with Gasteiger partial charge < -0.3 is 15.2 Å². The summed E-state index contributed by atoms with van der Waals surface area (Å²) in [7, 11) is 0. The Kier molecular flexibility index (Phi) is 2.10. The molecule has 0 aromatic rings. The van der Waals surface area contributed by atoms with Gasteiger partial charge in [0.25, 0.3) is 0 Å². The smallest absolute Gasteiger partial charge is 0.109 e. The van der Waals surface area contributed by atoms with E-state index < -0.39 is 0 Å². The molecule has 1 aliphatic heterocycles. The highest BCUT2D eigenvalue weighted by Gasteiger charge is 2.56. The lowest BCUT2D eigenvalue weighted by Crippen LogP contribution is -2.67. The van der Waals surface area contributed by atoms with E-state index >= 15 is 0 Å². The molecule has 0 radical (unpaired) electrons. The summed E-state index contributed by atoms with van der Waals surface area (Å²) in [4.78, 5) is 0. The molecule has 70 valence electrons. The van der Waals surface area contributed by atoms with Gasteiger partial charge >= 0.3 is 0 Å². The lowest BCUT2D eigenvalue weighted by molar-refractivity contribution is -0.189. The molecule has 0 unspecified atom stereocenters. The van der Waals surface area contributed by atoms with E-state index in [1.165, 1.54) is 0 Å². The van der Waals surface area contributed by atoms with Crippen molar-refractivity contribution in [3.63, 3.8) is 0 Å². The highest BCUT2D eigenvalue weighted by Crippen LogP contribution is 2.44. The van der Waals surface area contributed by atoms with Crippen LogP contribution in [0, 0.1) is 0 Å². The summed E-state index contributed by atoms with van der Waals surface area (Å²) in [5, 5.41) is 0. The first kappa shape index (κ1) is 8.48. The van der Waals surface area contributed by atoms with Gasteiger partial charge in [-0.1, -0.05) is 0 Å². The SMILES string of the molecule is CCO[C@@H]1C[C@@H](N)[C@]12CCCO2. The molecule has 0 aromatic heterocycles. The molecule has 0 amide bonds. The average Bonchev–Trinajstić information content (AvgIpc) is 2.55. The monoisotopic (exact) mass is 171 g/mol. The van der Waals surface area contributed by atoms with Crippen LogP contribution >= 0.6 is 0 Å². The van der Waals surface area contributed by atoms with Gasteiger partial charge in [-0.3, -0.25) is 0 Å². The summed E-state index contributed by atoms with van der Waals surface area (Å²) in [5.41, 5.74) is 5.83. The summed E-state index contributed by atoms with van der Waals surface area (Å²) < 4.78 is 11.3. The molecule has 2 fully saturated rings. The van der Waals surface area contributed by atoms with Gasteiger partial charge in [0, 0.05) is 19.3 Å². The highest BCUT2D eigenvalue weighted by molar-refractivity contribution is 5.11. The van der Waals surface area contributed by atoms with Gasteiger partial charge in [0.1, 0.15) is 5.60 Å². The van der Waals surface area contributed by atoms with Crippen molar-refractivity contribution in [2.24, 2.45) is 5.73 Å². The minimum absolute atomic E-state index is 0.101. The third-order valence-electron chi connectivity index (χ3n) is 3.09. The summed E-state index contributed by atoms with van der Waals surface area (Å²) in [6.07, 6.45) is 3.45. The van der Waals surface area contributed by atoms with Crippen LogP contribution in [0.4, 0.5) is 0 Å². The molecule has 12 heavy (non-hydrogen) atoms. The Morgan fingerprint density at radius 3 is 3.00 bits per heavy atom. The molecule has 0 aromatic carbocycles. The second-order valence-electron chi connectivity index (χ2n) is 3.69. The quantitative estimate of drug-likeness (QED) is 0.664. The maximum Gasteiger partial charge on any atom is 0.109 e. The fourth-order valence-electron chi connectivity index (χ4n) is 2.35. The number of hydrogen-bond donors (Lipinski definition) is 1. The zero-order chi connectivity index (χ0) is 8.60. The van der Waals surface area contributed by atoms with Gasteiger partial charge in [-0.2, -0.15) is 0 Å². The molecule has 2 rings (SSSR count). The van der Waals surface area contributed by atoms with Crippen molar-refractivity contribution in [3.8, 4) is 0 Å². The van der Waals surface area contributed by atoms with E-state index in [2.05, 4.69) is 0 Å². The molecular weight excluding hydrogens is 154 g/mol. The number of hydrogen-bond acceptors (Lipinski definition) is 3. The normalized spacial score (nSPS) is 46.5. The number of rotatable bonds is 2. The number of nitrogens with two attached hydrogens (primary N) is 1. The van der Waals surface area contributed by atoms with Crippen LogP contribution in [0.1, 0.15) is 26.2 Å². The number of ether oxygens (including phenoxy) is 2. The molecule has 1 saturated heterocycles. The van der Waals surface area contributed by atoms with Crippen molar-refractivity contribution >= 4 is 0 Å². The molecule has 3 heteroatoms. The van der Waals surface area contributed by atoms with Gasteiger partial charge in [-0.25, -0.2) is 0 Å². The van der Waals surface area contributed by atoms with Crippen LogP contribution in [0.15, 0.2) is 0 Å². The van der Waals surface area contributed by atoms with Gasteiger partial charge in [-0.15, -0.1) is 0 Å². The predicted molar refractivity (Wildman–Crippen MR) is 45.9 cm³/mol. The molecule has 0 bridgehead atoms. The van der Waals surface area contributed by atoms with Gasteiger partial charge in [0.15, 0.2) is 0 Å². The largest absolute Gasteiger partial charge is 0.375 e. The zero-order valence-electron chi connectivity index (χ0n) is 7.58. The first-order chi connectivity index (χ1) is 5.79. The molecule has 3 nitrogen and oxygen atoms in total. The van der Waals surface area contributed by atoms with Crippen molar-refractivity contribution < 1.29 is 9.47 Å². The summed E-state index contributed by atoms with van der Waals surface area (Å²) in [5.74, 6) is 0. The van der Waals surface area contributed by atoms with Crippen molar-refractivity contribution in [1.29, 1.82) is 0 Å². The second-order valence-corrected chi connectivity index (χ2v) is 3.69. The van der Waals surface area contributed by atoms with E-state index in [1.54, 1.807) is 0 Å². The molecule has 1 spiro atoms. The zero-order valence-corrected chi connectivity index (χ0v) is 7.58. The summed E-state index contributed by atoms with van der Waals surface area (Å²) >= 11 is 0. The van der Waals surface area contributed by atoms with Crippen LogP contribution in [-0.2, 0) is 9.47 Å². The van der Waals surface area contributed by atoms with Crippen LogP contribution in [0.25, 0.3) is 0 Å². The Bertz CT molecular complexity index is 164. The molecule has 1 heterocycles. The Morgan fingerprint density at radius 1 is 1.67 bits per heavy atom. The Hall–Kier alpha value is -0.120. The summed E-state index contributed by atoms with van der Waals surface area (Å²) in [6.45, 7) is 3.65. The Morgan fingerprint density at radius 2 is 2.50 bits per heavy atom. The Labute approximate surface area is 73.2 Å². The molecule has 1 saturated carbocycles. The van der Waals surface area contributed by atoms with E-state index in [4.69, 9.17) is 15.2 Å². The van der Waals surface area contributed by atoms with E-state index in [0.717, 1.165) is 32.5 Å². The fourth-order valence-corrected chi connectivity index (χ4v) is 2.35. The maximum absolute atomic E-state index is 5.93. The first-order valence-corrected chi connectivity index (χ1v) is 4.81. The topological polar surface area (TPSA) is 44.5 Å². The molecular formula is C9H17NO2. The van der Waals surface area contributed by atoms with Crippen molar-refractivity contribution in [2.75, 3.05) is 13.2 Å². The van der Waals surface area contributed by atoms with E-state index in [9.17, 15) is 0 Å². The van der Waals surface area contributed by atoms with Crippen molar-refractivity contribution in [2.45, 2.75) is 43.9 Å². The minimum atomic E-state index is -0.101. The van der Waals surface area contributed by atoms with Crippen LogP contribution in [0.5, 0.6) is 0 Å². The van der Waals surface area contributed by atoms with Crippen molar-refractivity contribution in [1.82, 2.24) is 0 Å².